The molecule has 0 heterocycles. The van der Waals surface area contributed by atoms with E-state index in [4.69, 9.17) is 0 Å². The molecule has 0 aliphatic heterocycles. The van der Waals surface area contributed by atoms with Gasteiger partial charge in [0.25, 0.3) is 0 Å². The first-order valence-corrected chi connectivity index (χ1v) is 11.4. The summed E-state index contributed by atoms with van der Waals surface area (Å²) in [6.45, 7) is 6.81. The number of benzene rings is 2. The van der Waals surface area contributed by atoms with E-state index in [9.17, 15) is 0 Å². The molecule has 2 aromatic rings. The number of rotatable bonds is 9. The maximum Gasteiger partial charge on any atom is 0.103 e. The van der Waals surface area contributed by atoms with Crippen LogP contribution in [0.3, 0.4) is 0 Å². The molecule has 0 amide bonds. The largest absolute Gasteiger partial charge is 0.103 e. The Hall–Kier alpha value is -1.60. The van der Waals surface area contributed by atoms with Crippen molar-refractivity contribution in [2.75, 3.05) is 0 Å². The van der Waals surface area contributed by atoms with Gasteiger partial charge in [0.1, 0.15) is 8.80 Å². The van der Waals surface area contributed by atoms with Crippen LogP contribution in [0, 0.1) is 5.92 Å². The molecule has 0 saturated heterocycles. The molecule has 0 aliphatic carbocycles. The molecule has 0 saturated carbocycles. The zero-order chi connectivity index (χ0) is 17.2. The standard InChI is InChI=1S/C23H32Si/c1-20(2)12-10-13-21(3)14-11-19-24(22-15-6-4-7-16-22)23-17-8-5-9-18-23/h4-9,12,15-18,21,24H,10-11,13-14,19H2,1-3H3/t21-/m0/s1. The smallest absolute Gasteiger partial charge is 0.0859 e. The molecular weight excluding hydrogens is 304 g/mol. The number of hydrogen-bond acceptors (Lipinski definition) is 0. The Morgan fingerprint density at radius 2 is 1.42 bits per heavy atom. The van der Waals surface area contributed by atoms with E-state index in [0.29, 0.717) is 0 Å². The third kappa shape index (κ3) is 6.49. The summed E-state index contributed by atoms with van der Waals surface area (Å²) >= 11 is 0. The molecule has 0 spiro atoms. The van der Waals surface area contributed by atoms with E-state index in [0.717, 1.165) is 5.92 Å². The average Bonchev–Trinajstić information content (AvgIpc) is 2.60. The molecule has 24 heavy (non-hydrogen) atoms. The van der Waals surface area contributed by atoms with Crippen molar-refractivity contribution in [1.82, 2.24) is 0 Å². The molecule has 0 nitrogen and oxygen atoms in total. The van der Waals surface area contributed by atoms with E-state index in [1.54, 1.807) is 10.4 Å². The molecule has 0 unspecified atom stereocenters. The molecule has 1 heteroatoms. The molecule has 0 bridgehead atoms. The molecule has 2 rings (SSSR count). The van der Waals surface area contributed by atoms with Gasteiger partial charge in [-0.2, -0.15) is 0 Å². The van der Waals surface area contributed by atoms with Crippen molar-refractivity contribution in [1.29, 1.82) is 0 Å². The summed E-state index contributed by atoms with van der Waals surface area (Å²) < 4.78 is 0. The Morgan fingerprint density at radius 3 is 1.92 bits per heavy atom. The van der Waals surface area contributed by atoms with Crippen molar-refractivity contribution in [2.24, 2.45) is 5.92 Å². The molecule has 0 aromatic heterocycles. The predicted octanol–water partition coefficient (Wildman–Crippen LogP) is 5.19. The summed E-state index contributed by atoms with van der Waals surface area (Å²) in [5.41, 5.74) is 1.45. The lowest BCUT2D eigenvalue weighted by Gasteiger charge is -2.18. The number of hydrogen-bond donors (Lipinski definition) is 0. The molecule has 0 N–H and O–H groups in total. The normalized spacial score (nSPS) is 12.2. The Kier molecular flexibility index (Phi) is 8.04. The fourth-order valence-electron chi connectivity index (χ4n) is 3.37. The average molecular weight is 337 g/mol. The van der Waals surface area contributed by atoms with Crippen LogP contribution in [-0.4, -0.2) is 8.80 Å². The third-order valence-electron chi connectivity index (χ3n) is 4.81. The van der Waals surface area contributed by atoms with Crippen LogP contribution < -0.4 is 10.4 Å². The lowest BCUT2D eigenvalue weighted by molar-refractivity contribution is 0.489. The SMILES string of the molecule is CC(C)=CCC[C@H](C)CCC[SiH](c1ccccc1)c1ccccc1. The topological polar surface area (TPSA) is 0 Å². The molecule has 1 atom stereocenters. The minimum Gasteiger partial charge on any atom is -0.0859 e. The maximum atomic E-state index is 2.42. The van der Waals surface area contributed by atoms with E-state index in [2.05, 4.69) is 87.5 Å². The highest BCUT2D eigenvalue weighted by atomic mass is 28.3. The molecule has 0 aliphatic rings. The van der Waals surface area contributed by atoms with Gasteiger partial charge < -0.3 is 0 Å². The lowest BCUT2D eigenvalue weighted by atomic mass is 10.00. The first kappa shape index (κ1) is 18.7. The van der Waals surface area contributed by atoms with E-state index < -0.39 is 8.80 Å². The van der Waals surface area contributed by atoms with Crippen molar-refractivity contribution < 1.29 is 0 Å². The van der Waals surface area contributed by atoms with Crippen LogP contribution in [0.5, 0.6) is 0 Å². The molecule has 2 aromatic carbocycles. The maximum absolute atomic E-state index is 2.42. The van der Waals surface area contributed by atoms with E-state index in [1.807, 2.05) is 0 Å². The molecule has 128 valence electrons. The zero-order valence-electron chi connectivity index (χ0n) is 15.5. The van der Waals surface area contributed by atoms with Crippen LogP contribution in [-0.2, 0) is 0 Å². The molecular formula is C23H32Si. The van der Waals surface area contributed by atoms with E-state index in [-0.39, 0.29) is 0 Å². The Balaban J connectivity index is 1.91. The highest BCUT2D eigenvalue weighted by molar-refractivity contribution is 6.85. The fraction of sp³-hybridized carbons (Fsp3) is 0.391. The van der Waals surface area contributed by atoms with Gasteiger partial charge in [-0.15, -0.1) is 0 Å². The van der Waals surface area contributed by atoms with Crippen LogP contribution >= 0.6 is 0 Å². The highest BCUT2D eigenvalue weighted by Crippen LogP contribution is 2.16. The second-order valence-corrected chi connectivity index (χ2v) is 10.3. The van der Waals surface area contributed by atoms with E-state index >= 15 is 0 Å². The zero-order valence-corrected chi connectivity index (χ0v) is 16.7. The van der Waals surface area contributed by atoms with Gasteiger partial charge in [-0.25, -0.2) is 0 Å². The van der Waals surface area contributed by atoms with Crippen molar-refractivity contribution in [3.05, 3.63) is 72.3 Å². The summed E-state index contributed by atoms with van der Waals surface area (Å²) in [6.07, 6.45) is 7.66. The van der Waals surface area contributed by atoms with Crippen LogP contribution in [0.2, 0.25) is 6.04 Å². The van der Waals surface area contributed by atoms with Gasteiger partial charge in [-0.1, -0.05) is 108 Å². The Morgan fingerprint density at radius 1 is 0.875 bits per heavy atom. The van der Waals surface area contributed by atoms with E-state index in [1.165, 1.54) is 37.3 Å². The summed E-state index contributed by atoms with van der Waals surface area (Å²) in [5.74, 6) is 0.835. The van der Waals surface area contributed by atoms with Crippen molar-refractivity contribution in [2.45, 2.75) is 52.5 Å². The summed E-state index contributed by atoms with van der Waals surface area (Å²) in [4.78, 5) is 0. The van der Waals surface area contributed by atoms with Gasteiger partial charge >= 0.3 is 0 Å². The monoisotopic (exact) mass is 336 g/mol. The van der Waals surface area contributed by atoms with Gasteiger partial charge in [-0.3, -0.25) is 0 Å². The number of allylic oxidation sites excluding steroid dienone is 2. The minimum absolute atomic E-state index is 0.835. The minimum atomic E-state index is -1.06. The quantitative estimate of drug-likeness (QED) is 0.436. The van der Waals surface area contributed by atoms with Crippen LogP contribution in [0.4, 0.5) is 0 Å². The Bertz CT molecular complexity index is 557. The lowest BCUT2D eigenvalue weighted by Crippen LogP contribution is -2.41. The molecule has 0 radical (unpaired) electrons. The first-order valence-electron chi connectivity index (χ1n) is 9.40. The molecule has 0 fully saturated rings. The highest BCUT2D eigenvalue weighted by Gasteiger charge is 2.16. The van der Waals surface area contributed by atoms with Crippen LogP contribution in [0.25, 0.3) is 0 Å². The van der Waals surface area contributed by atoms with Crippen LogP contribution in [0.1, 0.15) is 46.5 Å². The third-order valence-corrected chi connectivity index (χ3v) is 8.17. The van der Waals surface area contributed by atoms with Crippen molar-refractivity contribution in [3.8, 4) is 0 Å². The van der Waals surface area contributed by atoms with Crippen molar-refractivity contribution in [3.63, 3.8) is 0 Å². The van der Waals surface area contributed by atoms with Gasteiger partial charge in [-0.05, 0) is 32.6 Å². The van der Waals surface area contributed by atoms with Gasteiger partial charge in [0.15, 0.2) is 0 Å². The second kappa shape index (κ2) is 10.3. The van der Waals surface area contributed by atoms with Crippen LogP contribution in [0.15, 0.2) is 72.3 Å². The summed E-state index contributed by atoms with van der Waals surface area (Å²) in [5, 5.41) is 3.17. The summed E-state index contributed by atoms with van der Waals surface area (Å²) in [6, 6.07) is 23.8. The fourth-order valence-corrected chi connectivity index (χ4v) is 6.44. The van der Waals surface area contributed by atoms with Gasteiger partial charge in [0, 0.05) is 0 Å². The second-order valence-electron chi connectivity index (χ2n) is 7.27. The van der Waals surface area contributed by atoms with Gasteiger partial charge in [0.05, 0.1) is 0 Å². The summed E-state index contributed by atoms with van der Waals surface area (Å²) in [7, 11) is -1.06. The van der Waals surface area contributed by atoms with Gasteiger partial charge in [0.2, 0.25) is 0 Å². The first-order chi connectivity index (χ1) is 11.7. The Labute approximate surface area is 150 Å². The predicted molar refractivity (Wildman–Crippen MR) is 111 cm³/mol. The van der Waals surface area contributed by atoms with Crippen molar-refractivity contribution >= 4 is 19.2 Å².